The van der Waals surface area contributed by atoms with Gasteiger partial charge in [0.2, 0.25) is 11.8 Å². The Bertz CT molecular complexity index is 462. The quantitative estimate of drug-likeness (QED) is 0.778. The van der Waals surface area contributed by atoms with Gasteiger partial charge in [-0.15, -0.1) is 12.4 Å². The van der Waals surface area contributed by atoms with E-state index in [2.05, 4.69) is 5.32 Å². The Morgan fingerprint density at radius 1 is 1.12 bits per heavy atom. The van der Waals surface area contributed by atoms with Gasteiger partial charge in [-0.25, -0.2) is 0 Å². The third-order valence-electron chi connectivity index (χ3n) is 5.03. The van der Waals surface area contributed by atoms with Crippen molar-refractivity contribution < 1.29 is 22.8 Å². The van der Waals surface area contributed by atoms with E-state index in [1.54, 1.807) is 4.90 Å². The van der Waals surface area contributed by atoms with Crippen LogP contribution in [-0.2, 0) is 9.59 Å². The number of likely N-dealkylation sites (tertiary alicyclic amines) is 1. The highest BCUT2D eigenvalue weighted by Crippen LogP contribution is 2.40. The summed E-state index contributed by atoms with van der Waals surface area (Å²) in [6.45, 7) is 1.55. The number of amides is 2. The van der Waals surface area contributed by atoms with E-state index in [-0.39, 0.29) is 43.0 Å². The minimum Gasteiger partial charge on any atom is -0.355 e. The van der Waals surface area contributed by atoms with Gasteiger partial charge in [0.1, 0.15) is 0 Å². The summed E-state index contributed by atoms with van der Waals surface area (Å²) in [7, 11) is 0. The molecule has 25 heavy (non-hydrogen) atoms. The largest absolute Gasteiger partial charge is 0.391 e. The smallest absolute Gasteiger partial charge is 0.355 e. The number of hydrogen-bond donors (Lipinski definition) is 2. The monoisotopic (exact) mass is 385 g/mol. The van der Waals surface area contributed by atoms with Crippen LogP contribution < -0.4 is 11.1 Å². The van der Waals surface area contributed by atoms with Gasteiger partial charge in [-0.2, -0.15) is 13.2 Å². The van der Waals surface area contributed by atoms with Crippen LogP contribution in [0.3, 0.4) is 0 Å². The zero-order chi connectivity index (χ0) is 17.7. The van der Waals surface area contributed by atoms with Crippen molar-refractivity contribution in [2.45, 2.75) is 44.7 Å². The highest BCUT2D eigenvalue weighted by Gasteiger charge is 2.44. The predicted octanol–water partition coefficient (Wildman–Crippen LogP) is 2.09. The van der Waals surface area contributed by atoms with E-state index in [1.165, 1.54) is 0 Å². The van der Waals surface area contributed by atoms with Crippen LogP contribution in [0.5, 0.6) is 0 Å². The first-order valence-electron chi connectivity index (χ1n) is 8.66. The molecule has 0 spiro atoms. The fourth-order valence-electron chi connectivity index (χ4n) is 3.70. The van der Waals surface area contributed by atoms with Crippen molar-refractivity contribution in [1.82, 2.24) is 10.2 Å². The molecule has 0 radical (unpaired) electrons. The van der Waals surface area contributed by atoms with Gasteiger partial charge in [0.05, 0.1) is 11.8 Å². The van der Waals surface area contributed by atoms with Crippen molar-refractivity contribution in [2.24, 2.45) is 23.5 Å². The summed E-state index contributed by atoms with van der Waals surface area (Å²) >= 11 is 0. The van der Waals surface area contributed by atoms with Crippen molar-refractivity contribution in [3.05, 3.63) is 0 Å². The fourth-order valence-corrected chi connectivity index (χ4v) is 3.70. The Labute approximate surface area is 152 Å². The molecule has 1 aliphatic heterocycles. The highest BCUT2D eigenvalue weighted by atomic mass is 35.5. The zero-order valence-electron chi connectivity index (χ0n) is 14.2. The maximum absolute atomic E-state index is 12.9. The van der Waals surface area contributed by atoms with Crippen LogP contribution in [0.15, 0.2) is 0 Å². The van der Waals surface area contributed by atoms with Gasteiger partial charge in [-0.3, -0.25) is 9.59 Å². The van der Waals surface area contributed by atoms with Gasteiger partial charge in [0.15, 0.2) is 0 Å². The molecule has 2 rings (SSSR count). The van der Waals surface area contributed by atoms with Crippen LogP contribution >= 0.6 is 12.4 Å². The Hall–Kier alpha value is -1.02. The van der Waals surface area contributed by atoms with E-state index in [0.717, 1.165) is 0 Å². The van der Waals surface area contributed by atoms with E-state index < -0.39 is 18.0 Å². The van der Waals surface area contributed by atoms with Crippen LogP contribution in [0.25, 0.3) is 0 Å². The zero-order valence-corrected chi connectivity index (χ0v) is 15.0. The van der Waals surface area contributed by atoms with Crippen molar-refractivity contribution in [3.63, 3.8) is 0 Å². The minimum absolute atomic E-state index is 0. The van der Waals surface area contributed by atoms with E-state index in [0.29, 0.717) is 51.9 Å². The number of halogens is 4. The average molecular weight is 386 g/mol. The van der Waals surface area contributed by atoms with Gasteiger partial charge in [-0.1, -0.05) is 6.42 Å². The number of nitrogens with zero attached hydrogens (tertiary/aromatic N) is 1. The van der Waals surface area contributed by atoms with E-state index in [9.17, 15) is 22.8 Å². The summed E-state index contributed by atoms with van der Waals surface area (Å²) in [6, 6.07) is 0. The van der Waals surface area contributed by atoms with E-state index >= 15 is 0 Å². The summed E-state index contributed by atoms with van der Waals surface area (Å²) in [5.41, 5.74) is 5.36. The van der Waals surface area contributed by atoms with Crippen LogP contribution in [0, 0.1) is 17.8 Å². The number of piperidine rings is 1. The first-order chi connectivity index (χ1) is 11.3. The molecular formula is C16H27ClF3N3O2. The standard InChI is InChI=1S/C16H26F3N3O2.ClH/c17-16(18,19)13-5-1-3-11(9-13)15(24)22-8-2-4-12(10-22)14(23)21-7-6-20;/h11-13H,1-10,20H2,(H,21,23);1H. The van der Waals surface area contributed by atoms with Crippen molar-refractivity contribution in [1.29, 1.82) is 0 Å². The number of carbonyl (C=O) groups is 2. The molecule has 0 aromatic heterocycles. The molecule has 1 aliphatic carbocycles. The number of hydrogen-bond acceptors (Lipinski definition) is 3. The fraction of sp³-hybridized carbons (Fsp3) is 0.875. The molecule has 1 saturated carbocycles. The van der Waals surface area contributed by atoms with E-state index in [4.69, 9.17) is 5.73 Å². The molecule has 1 saturated heterocycles. The van der Waals surface area contributed by atoms with Crippen LogP contribution in [-0.4, -0.2) is 49.1 Å². The first kappa shape index (κ1) is 22.0. The molecule has 0 aromatic carbocycles. The molecule has 1 heterocycles. The van der Waals surface area contributed by atoms with Crippen molar-refractivity contribution >= 4 is 24.2 Å². The maximum Gasteiger partial charge on any atom is 0.391 e. The average Bonchev–Trinajstić information content (AvgIpc) is 2.58. The van der Waals surface area contributed by atoms with Crippen LogP contribution in [0.2, 0.25) is 0 Å². The topological polar surface area (TPSA) is 75.4 Å². The number of rotatable bonds is 4. The second-order valence-corrected chi connectivity index (χ2v) is 6.81. The molecule has 146 valence electrons. The van der Waals surface area contributed by atoms with Gasteiger partial charge >= 0.3 is 6.18 Å². The van der Waals surface area contributed by atoms with Gasteiger partial charge in [0, 0.05) is 32.1 Å². The summed E-state index contributed by atoms with van der Waals surface area (Å²) in [4.78, 5) is 26.2. The normalized spacial score (nSPS) is 27.4. The molecule has 2 aliphatic rings. The second-order valence-electron chi connectivity index (χ2n) is 6.81. The lowest BCUT2D eigenvalue weighted by atomic mass is 9.80. The minimum atomic E-state index is -4.23. The summed E-state index contributed by atoms with van der Waals surface area (Å²) in [5, 5.41) is 2.72. The van der Waals surface area contributed by atoms with Gasteiger partial charge < -0.3 is 16.0 Å². The Balaban J connectivity index is 0.00000312. The Kier molecular flexibility index (Phi) is 8.47. The number of alkyl halides is 3. The molecule has 9 heteroatoms. The predicted molar refractivity (Wildman–Crippen MR) is 90.1 cm³/mol. The molecule has 3 atom stereocenters. The third-order valence-corrected chi connectivity index (χ3v) is 5.03. The first-order valence-corrected chi connectivity index (χ1v) is 8.66. The van der Waals surface area contributed by atoms with Crippen LogP contribution in [0.1, 0.15) is 38.5 Å². The number of nitrogens with two attached hydrogens (primary N) is 1. The lowest BCUT2D eigenvalue weighted by Crippen LogP contribution is -2.48. The molecule has 3 N–H and O–H groups in total. The Morgan fingerprint density at radius 3 is 2.44 bits per heavy atom. The Morgan fingerprint density at radius 2 is 1.80 bits per heavy atom. The number of nitrogens with one attached hydrogen (secondary N) is 1. The van der Waals surface area contributed by atoms with Gasteiger partial charge in [-0.05, 0) is 32.1 Å². The summed E-state index contributed by atoms with van der Waals surface area (Å²) in [6.07, 6.45) is -1.93. The third kappa shape index (κ3) is 6.02. The lowest BCUT2D eigenvalue weighted by Gasteiger charge is -2.37. The molecule has 0 aromatic rings. The summed E-state index contributed by atoms with van der Waals surface area (Å²) < 4.78 is 38.8. The molecule has 2 amide bonds. The van der Waals surface area contributed by atoms with E-state index in [1.807, 2.05) is 0 Å². The van der Waals surface area contributed by atoms with Gasteiger partial charge in [0.25, 0.3) is 0 Å². The van der Waals surface area contributed by atoms with Crippen LogP contribution in [0.4, 0.5) is 13.2 Å². The summed E-state index contributed by atoms with van der Waals surface area (Å²) in [5.74, 6) is -2.60. The lowest BCUT2D eigenvalue weighted by molar-refractivity contribution is -0.187. The highest BCUT2D eigenvalue weighted by molar-refractivity contribution is 5.85. The second kappa shape index (κ2) is 9.62. The molecule has 2 fully saturated rings. The molecule has 0 bridgehead atoms. The van der Waals surface area contributed by atoms with Crippen molar-refractivity contribution in [2.75, 3.05) is 26.2 Å². The molecule has 5 nitrogen and oxygen atoms in total. The molecule has 3 unspecified atom stereocenters. The van der Waals surface area contributed by atoms with Crippen molar-refractivity contribution in [3.8, 4) is 0 Å². The SMILES string of the molecule is Cl.NCCNC(=O)C1CCCN(C(=O)C2CCCC(C(F)(F)F)C2)C1. The molecular weight excluding hydrogens is 359 g/mol. The maximum atomic E-state index is 12.9. The number of carbonyl (C=O) groups excluding carboxylic acids is 2.